The number of amides is 1. The Hall–Kier alpha value is -0.570. The first-order valence-electron chi connectivity index (χ1n) is 8.47. The summed E-state index contributed by atoms with van der Waals surface area (Å²) in [5.41, 5.74) is -0.155. The van der Waals surface area contributed by atoms with Gasteiger partial charge in [-0.15, -0.1) is 0 Å². The molecule has 0 aromatic rings. The number of rotatable bonds is 1. The van der Waals surface area contributed by atoms with Gasteiger partial charge in [-0.25, -0.2) is 0 Å². The van der Waals surface area contributed by atoms with Gasteiger partial charge in [-0.05, 0) is 38.0 Å². The molecule has 2 heterocycles. The zero-order valence-electron chi connectivity index (χ0n) is 12.9. The van der Waals surface area contributed by atoms with Crippen LogP contribution in [0.4, 0.5) is 0 Å². The Labute approximate surface area is 122 Å². The second kappa shape index (κ2) is 4.00. The lowest BCUT2D eigenvalue weighted by Gasteiger charge is -2.42. The fraction of sp³-hybridized carbons (Fsp3) is 0.941. The predicted molar refractivity (Wildman–Crippen MR) is 77.3 cm³/mol. The van der Waals surface area contributed by atoms with E-state index in [1.54, 1.807) is 0 Å². The fourth-order valence-corrected chi connectivity index (χ4v) is 5.76. The number of carbonyl (C=O) groups excluding carboxylic acids is 1. The highest BCUT2D eigenvalue weighted by Crippen LogP contribution is 2.75. The summed E-state index contributed by atoms with van der Waals surface area (Å²) >= 11 is 0. The summed E-state index contributed by atoms with van der Waals surface area (Å²) in [6.07, 6.45) is 8.33. The van der Waals surface area contributed by atoms with Crippen LogP contribution in [-0.2, 0) is 9.53 Å². The Morgan fingerprint density at radius 2 is 1.85 bits per heavy atom. The molecule has 2 aliphatic carbocycles. The van der Waals surface area contributed by atoms with Crippen molar-refractivity contribution in [3.63, 3.8) is 0 Å². The number of hydrogen-bond donors (Lipinski definition) is 0. The van der Waals surface area contributed by atoms with Gasteiger partial charge in [0.15, 0.2) is 5.60 Å². The molecule has 4 bridgehead atoms. The van der Waals surface area contributed by atoms with Crippen molar-refractivity contribution < 1.29 is 9.53 Å². The van der Waals surface area contributed by atoms with E-state index < -0.39 is 5.60 Å². The quantitative estimate of drug-likeness (QED) is 0.737. The maximum atomic E-state index is 13.3. The average molecular weight is 277 g/mol. The van der Waals surface area contributed by atoms with Gasteiger partial charge in [0, 0.05) is 23.9 Å². The predicted octanol–water partition coefficient (Wildman–Crippen LogP) is 2.98. The smallest absolute Gasteiger partial charge is 0.255 e. The van der Waals surface area contributed by atoms with Crippen LogP contribution < -0.4 is 0 Å². The highest BCUT2D eigenvalue weighted by molar-refractivity contribution is 5.88. The van der Waals surface area contributed by atoms with Gasteiger partial charge in [0.05, 0.1) is 6.61 Å². The molecule has 4 rings (SSSR count). The van der Waals surface area contributed by atoms with Crippen molar-refractivity contribution in [2.45, 2.75) is 64.4 Å². The number of likely N-dealkylation sites (tertiary alicyclic amines) is 1. The number of hydrogen-bond acceptors (Lipinski definition) is 2. The molecule has 0 N–H and O–H groups in total. The molecule has 0 unspecified atom stereocenters. The summed E-state index contributed by atoms with van der Waals surface area (Å²) < 4.78 is 6.24. The van der Waals surface area contributed by atoms with E-state index in [9.17, 15) is 4.79 Å². The Balaban J connectivity index is 1.66. The molecule has 2 saturated heterocycles. The number of nitrogens with zero attached hydrogens (tertiary/aromatic N) is 1. The minimum atomic E-state index is -0.477. The van der Waals surface area contributed by atoms with Crippen molar-refractivity contribution in [1.82, 2.24) is 4.90 Å². The van der Waals surface area contributed by atoms with E-state index in [1.807, 2.05) is 0 Å². The van der Waals surface area contributed by atoms with E-state index in [0.29, 0.717) is 11.8 Å². The average Bonchev–Trinajstić information content (AvgIpc) is 2.79. The highest BCUT2D eigenvalue weighted by Gasteiger charge is 2.78. The summed E-state index contributed by atoms with van der Waals surface area (Å²) in [6, 6.07) is 0. The van der Waals surface area contributed by atoms with E-state index in [2.05, 4.69) is 18.7 Å². The lowest BCUT2D eigenvalue weighted by Crippen LogP contribution is -2.56. The molecule has 3 nitrogen and oxygen atoms in total. The fourth-order valence-electron chi connectivity index (χ4n) is 5.76. The van der Waals surface area contributed by atoms with Gasteiger partial charge >= 0.3 is 0 Å². The zero-order valence-corrected chi connectivity index (χ0v) is 12.9. The summed E-state index contributed by atoms with van der Waals surface area (Å²) in [4.78, 5) is 15.4. The van der Waals surface area contributed by atoms with Gasteiger partial charge in [0.25, 0.3) is 5.91 Å². The van der Waals surface area contributed by atoms with Crippen LogP contribution in [-0.4, -0.2) is 36.1 Å². The molecule has 0 aromatic carbocycles. The first kappa shape index (κ1) is 13.1. The summed E-state index contributed by atoms with van der Waals surface area (Å²) in [6.45, 7) is 7.40. The van der Waals surface area contributed by atoms with Crippen molar-refractivity contribution in [1.29, 1.82) is 0 Å². The monoisotopic (exact) mass is 277 g/mol. The van der Waals surface area contributed by atoms with Crippen molar-refractivity contribution in [2.75, 3.05) is 19.7 Å². The molecule has 4 fully saturated rings. The van der Waals surface area contributed by atoms with Crippen LogP contribution in [0.3, 0.4) is 0 Å². The van der Waals surface area contributed by atoms with Crippen LogP contribution in [0.2, 0.25) is 0 Å². The third-order valence-corrected chi connectivity index (χ3v) is 7.44. The van der Waals surface area contributed by atoms with E-state index >= 15 is 0 Å². The molecule has 2 saturated carbocycles. The van der Waals surface area contributed by atoms with Crippen LogP contribution in [0.15, 0.2) is 0 Å². The van der Waals surface area contributed by atoms with E-state index in [1.165, 1.54) is 38.5 Å². The van der Waals surface area contributed by atoms with E-state index in [-0.39, 0.29) is 10.8 Å². The molecule has 112 valence electrons. The van der Waals surface area contributed by atoms with Crippen LogP contribution in [0.1, 0.15) is 58.8 Å². The van der Waals surface area contributed by atoms with Gasteiger partial charge in [-0.3, -0.25) is 4.79 Å². The Morgan fingerprint density at radius 3 is 2.45 bits per heavy atom. The Bertz CT molecular complexity index is 442. The third kappa shape index (κ3) is 1.29. The second-order valence-electron chi connectivity index (χ2n) is 8.01. The summed E-state index contributed by atoms with van der Waals surface area (Å²) in [5, 5.41) is 0. The normalized spacial score (nSPS) is 50.5. The molecule has 1 amide bonds. The standard InChI is InChI=1S/C17H27NO2/c1-15-12-20-17(11-13(15)7-8-16(15,17)2)14(19)18-9-5-3-4-6-10-18/h13H,3-12H2,1-2H3/t13-,15+,16-,17-/m1/s1. The molecule has 0 aromatic heterocycles. The minimum Gasteiger partial charge on any atom is -0.364 e. The van der Waals surface area contributed by atoms with Gasteiger partial charge in [-0.2, -0.15) is 0 Å². The molecular formula is C17H27NO2. The van der Waals surface area contributed by atoms with Crippen LogP contribution in [0.5, 0.6) is 0 Å². The zero-order chi connectivity index (χ0) is 14.0. The van der Waals surface area contributed by atoms with Crippen LogP contribution in [0, 0.1) is 16.7 Å². The molecule has 2 aliphatic heterocycles. The number of carbonyl (C=O) groups is 1. The van der Waals surface area contributed by atoms with Gasteiger partial charge in [0.2, 0.25) is 0 Å². The summed E-state index contributed by atoms with van der Waals surface area (Å²) in [7, 11) is 0. The molecule has 20 heavy (non-hydrogen) atoms. The van der Waals surface area contributed by atoms with Crippen molar-refractivity contribution in [2.24, 2.45) is 16.7 Å². The molecule has 0 spiro atoms. The second-order valence-corrected chi connectivity index (χ2v) is 8.01. The van der Waals surface area contributed by atoms with Gasteiger partial charge in [0.1, 0.15) is 0 Å². The van der Waals surface area contributed by atoms with Crippen LogP contribution in [0.25, 0.3) is 0 Å². The lowest BCUT2D eigenvalue weighted by atomic mass is 9.66. The highest BCUT2D eigenvalue weighted by atomic mass is 16.5. The first-order valence-corrected chi connectivity index (χ1v) is 8.47. The van der Waals surface area contributed by atoms with Gasteiger partial charge in [-0.1, -0.05) is 26.7 Å². The number of ether oxygens (including phenoxy) is 1. The minimum absolute atomic E-state index is 0.0774. The molecule has 0 radical (unpaired) electrons. The summed E-state index contributed by atoms with van der Waals surface area (Å²) in [5.74, 6) is 1.03. The largest absolute Gasteiger partial charge is 0.364 e. The maximum absolute atomic E-state index is 13.3. The molecule has 3 heteroatoms. The lowest BCUT2D eigenvalue weighted by molar-refractivity contribution is -0.167. The van der Waals surface area contributed by atoms with Crippen molar-refractivity contribution in [3.05, 3.63) is 0 Å². The molecule has 4 aliphatic rings. The van der Waals surface area contributed by atoms with Crippen LogP contribution >= 0.6 is 0 Å². The maximum Gasteiger partial charge on any atom is 0.255 e. The topological polar surface area (TPSA) is 29.5 Å². The SMILES string of the molecule is C[C@]12CC[C@@H]3C[C@]1(C(=O)N1CCCCCC1)OC[C@@]32C. The Morgan fingerprint density at radius 1 is 1.15 bits per heavy atom. The molecular weight excluding hydrogens is 250 g/mol. The third-order valence-electron chi connectivity index (χ3n) is 7.44. The van der Waals surface area contributed by atoms with Crippen molar-refractivity contribution >= 4 is 5.91 Å². The van der Waals surface area contributed by atoms with Crippen molar-refractivity contribution in [3.8, 4) is 0 Å². The Kier molecular flexibility index (Phi) is 2.62. The molecule has 4 atom stereocenters. The van der Waals surface area contributed by atoms with Gasteiger partial charge < -0.3 is 9.64 Å². The van der Waals surface area contributed by atoms with E-state index in [4.69, 9.17) is 4.74 Å². The van der Waals surface area contributed by atoms with E-state index in [0.717, 1.165) is 26.1 Å². The first-order chi connectivity index (χ1) is 9.54.